The van der Waals surface area contributed by atoms with Gasteiger partial charge in [-0.15, -0.1) is 0 Å². The highest BCUT2D eigenvalue weighted by molar-refractivity contribution is 7.99. The number of likely N-dealkylation sites (tertiary alicyclic amines) is 1. The van der Waals surface area contributed by atoms with Crippen molar-refractivity contribution in [2.45, 2.75) is 30.3 Å². The number of anilines is 1. The Labute approximate surface area is 186 Å². The summed E-state index contributed by atoms with van der Waals surface area (Å²) in [4.78, 5) is 19.1. The highest BCUT2D eigenvalue weighted by Crippen LogP contribution is 2.44. The number of rotatable bonds is 5. The van der Waals surface area contributed by atoms with Gasteiger partial charge in [0.25, 0.3) is 0 Å². The number of amides is 1. The molecule has 0 aliphatic carbocycles. The summed E-state index contributed by atoms with van der Waals surface area (Å²) in [5, 5.41) is 4.70. The zero-order valence-electron chi connectivity index (χ0n) is 17.6. The standard InChI is InChI=1S/C24H26N4O2S/c1-2-30-18-8-9-20-19(16-18)26-24(21-6-5-13-28(20)21)10-14-27(15-11-24)23(29)17-31-22-7-3-4-12-25-22/h3-9,12-13,16,26H,2,10-11,14-15,17H2,1H3. The molecule has 3 aromatic rings. The number of thioether (sulfide) groups is 1. The second-order valence-electron chi connectivity index (χ2n) is 7.92. The number of hydrogen-bond donors (Lipinski definition) is 1. The van der Waals surface area contributed by atoms with E-state index in [0.717, 1.165) is 48.1 Å². The number of carbonyl (C=O) groups excluding carboxylic acids is 1. The average Bonchev–Trinajstić information content (AvgIpc) is 3.30. The number of piperidine rings is 1. The van der Waals surface area contributed by atoms with Crippen LogP contribution in [0.1, 0.15) is 25.5 Å². The zero-order valence-corrected chi connectivity index (χ0v) is 18.4. The van der Waals surface area contributed by atoms with Gasteiger partial charge in [-0.2, -0.15) is 0 Å². The third-order valence-corrected chi connectivity index (χ3v) is 7.03. The average molecular weight is 435 g/mol. The molecule has 1 amide bonds. The van der Waals surface area contributed by atoms with E-state index in [1.165, 1.54) is 17.5 Å². The lowest BCUT2D eigenvalue weighted by atomic mass is 9.82. The molecule has 4 heterocycles. The lowest BCUT2D eigenvalue weighted by Gasteiger charge is -2.46. The van der Waals surface area contributed by atoms with E-state index < -0.39 is 0 Å². The first-order valence-corrected chi connectivity index (χ1v) is 11.7. The van der Waals surface area contributed by atoms with E-state index >= 15 is 0 Å². The summed E-state index contributed by atoms with van der Waals surface area (Å²) >= 11 is 1.50. The molecule has 1 aromatic carbocycles. The quantitative estimate of drug-likeness (QED) is 0.607. The smallest absolute Gasteiger partial charge is 0.232 e. The third kappa shape index (κ3) is 3.78. The predicted molar refractivity (Wildman–Crippen MR) is 123 cm³/mol. The van der Waals surface area contributed by atoms with Gasteiger partial charge in [0.05, 0.1) is 34.3 Å². The van der Waals surface area contributed by atoms with Crippen molar-refractivity contribution in [1.82, 2.24) is 14.5 Å². The molecule has 5 rings (SSSR count). The SMILES string of the molecule is CCOc1ccc2c(c1)NC1(CCN(C(=O)CSc3ccccn3)CC1)c1cccn1-2. The van der Waals surface area contributed by atoms with Gasteiger partial charge in [-0.3, -0.25) is 4.79 Å². The molecule has 2 aromatic heterocycles. The summed E-state index contributed by atoms with van der Waals surface area (Å²) in [6.07, 6.45) is 5.62. The van der Waals surface area contributed by atoms with Crippen molar-refractivity contribution in [1.29, 1.82) is 0 Å². The molecule has 0 saturated carbocycles. The second kappa shape index (κ2) is 8.30. The Balaban J connectivity index is 1.31. The van der Waals surface area contributed by atoms with E-state index in [4.69, 9.17) is 4.74 Å². The molecule has 1 saturated heterocycles. The minimum absolute atomic E-state index is 0.174. The maximum atomic E-state index is 12.8. The fourth-order valence-corrected chi connectivity index (χ4v) is 5.33. The number of nitrogens with one attached hydrogen (secondary N) is 1. The normalized spacial score (nSPS) is 16.4. The van der Waals surface area contributed by atoms with Gasteiger partial charge in [0.15, 0.2) is 0 Å². The molecule has 6 nitrogen and oxygen atoms in total. The predicted octanol–water partition coefficient (Wildman–Crippen LogP) is 4.31. The number of ether oxygens (including phenoxy) is 1. The molecule has 0 atom stereocenters. The Morgan fingerprint density at radius 1 is 1.19 bits per heavy atom. The van der Waals surface area contributed by atoms with Gasteiger partial charge in [0.2, 0.25) is 5.91 Å². The summed E-state index contributed by atoms with van der Waals surface area (Å²) in [6.45, 7) is 4.12. The number of fused-ring (bicyclic) bond motifs is 4. The van der Waals surface area contributed by atoms with Crippen molar-refractivity contribution < 1.29 is 9.53 Å². The number of benzene rings is 1. The van der Waals surface area contributed by atoms with Crippen LogP contribution in [0.2, 0.25) is 0 Å². The van der Waals surface area contributed by atoms with Crippen LogP contribution >= 0.6 is 11.8 Å². The van der Waals surface area contributed by atoms with Crippen LogP contribution in [0.5, 0.6) is 5.75 Å². The van der Waals surface area contributed by atoms with Crippen LogP contribution in [0.15, 0.2) is 66.0 Å². The monoisotopic (exact) mass is 434 g/mol. The first kappa shape index (κ1) is 20.0. The maximum Gasteiger partial charge on any atom is 0.232 e. The van der Waals surface area contributed by atoms with Crippen molar-refractivity contribution in [2.75, 3.05) is 30.8 Å². The third-order valence-electron chi connectivity index (χ3n) is 6.10. The molecule has 1 fully saturated rings. The Bertz CT molecular complexity index is 1070. The Hall–Kier alpha value is -2.93. The van der Waals surface area contributed by atoms with Gasteiger partial charge in [-0.1, -0.05) is 17.8 Å². The van der Waals surface area contributed by atoms with Gasteiger partial charge in [-0.25, -0.2) is 4.98 Å². The highest BCUT2D eigenvalue weighted by atomic mass is 32.2. The fourth-order valence-electron chi connectivity index (χ4n) is 4.56. The van der Waals surface area contributed by atoms with Crippen LogP contribution in [0.3, 0.4) is 0 Å². The summed E-state index contributed by atoms with van der Waals surface area (Å²) in [5.41, 5.74) is 3.31. The van der Waals surface area contributed by atoms with Crippen molar-refractivity contribution >= 4 is 23.4 Å². The largest absolute Gasteiger partial charge is 0.494 e. The van der Waals surface area contributed by atoms with E-state index in [1.807, 2.05) is 36.1 Å². The summed E-state index contributed by atoms with van der Waals surface area (Å²) < 4.78 is 7.99. The van der Waals surface area contributed by atoms with Crippen molar-refractivity contribution in [3.8, 4) is 11.4 Å². The van der Waals surface area contributed by atoms with E-state index in [0.29, 0.717) is 12.4 Å². The minimum Gasteiger partial charge on any atom is -0.494 e. The number of nitrogens with zero attached hydrogens (tertiary/aromatic N) is 3. The Morgan fingerprint density at radius 3 is 2.84 bits per heavy atom. The topological polar surface area (TPSA) is 59.4 Å². The van der Waals surface area contributed by atoms with Crippen LogP contribution in [0.4, 0.5) is 5.69 Å². The van der Waals surface area contributed by atoms with Crippen molar-refractivity contribution in [2.24, 2.45) is 0 Å². The van der Waals surface area contributed by atoms with Gasteiger partial charge in [-0.05, 0) is 56.2 Å². The van der Waals surface area contributed by atoms with E-state index in [2.05, 4.69) is 45.3 Å². The van der Waals surface area contributed by atoms with Gasteiger partial charge >= 0.3 is 0 Å². The molecule has 160 valence electrons. The lowest BCUT2D eigenvalue weighted by molar-refractivity contribution is -0.129. The number of hydrogen-bond acceptors (Lipinski definition) is 5. The highest BCUT2D eigenvalue weighted by Gasteiger charge is 2.42. The molecular weight excluding hydrogens is 408 g/mol. The first-order chi connectivity index (χ1) is 15.2. The molecule has 2 aliphatic heterocycles. The molecule has 0 bridgehead atoms. The molecule has 1 N–H and O–H groups in total. The van der Waals surface area contributed by atoms with E-state index in [1.54, 1.807) is 6.20 Å². The van der Waals surface area contributed by atoms with Crippen molar-refractivity contribution in [3.05, 3.63) is 66.6 Å². The summed E-state index contributed by atoms with van der Waals surface area (Å²) in [6, 6.07) is 16.3. The molecule has 0 unspecified atom stereocenters. The number of aromatic nitrogens is 2. The molecule has 2 aliphatic rings. The van der Waals surface area contributed by atoms with Crippen molar-refractivity contribution in [3.63, 3.8) is 0 Å². The van der Waals surface area contributed by atoms with Crippen LogP contribution in [0.25, 0.3) is 5.69 Å². The molecule has 31 heavy (non-hydrogen) atoms. The molecule has 1 spiro atoms. The zero-order chi connectivity index (χ0) is 21.3. The second-order valence-corrected chi connectivity index (χ2v) is 8.92. The fraction of sp³-hybridized carbons (Fsp3) is 0.333. The van der Waals surface area contributed by atoms with Gasteiger partial charge in [0, 0.05) is 37.2 Å². The molecular formula is C24H26N4O2S. The van der Waals surface area contributed by atoms with Gasteiger partial charge in [0.1, 0.15) is 5.75 Å². The Morgan fingerprint density at radius 2 is 2.06 bits per heavy atom. The van der Waals surface area contributed by atoms with Crippen LogP contribution < -0.4 is 10.1 Å². The van der Waals surface area contributed by atoms with E-state index in [-0.39, 0.29) is 11.4 Å². The molecule has 7 heteroatoms. The lowest BCUT2D eigenvalue weighted by Crippen LogP contribution is -2.51. The first-order valence-electron chi connectivity index (χ1n) is 10.7. The summed E-state index contributed by atoms with van der Waals surface area (Å²) in [7, 11) is 0. The van der Waals surface area contributed by atoms with Crippen LogP contribution in [-0.2, 0) is 10.3 Å². The summed E-state index contributed by atoms with van der Waals surface area (Å²) in [5.74, 6) is 1.48. The van der Waals surface area contributed by atoms with Gasteiger partial charge < -0.3 is 19.5 Å². The van der Waals surface area contributed by atoms with Crippen LogP contribution in [0, 0.1) is 0 Å². The van der Waals surface area contributed by atoms with E-state index in [9.17, 15) is 4.79 Å². The number of pyridine rings is 1. The minimum atomic E-state index is -0.174. The Kier molecular flexibility index (Phi) is 5.36. The maximum absolute atomic E-state index is 12.8. The number of carbonyl (C=O) groups is 1. The molecule has 0 radical (unpaired) electrons. The van der Waals surface area contributed by atoms with Crippen LogP contribution in [-0.4, -0.2) is 45.8 Å².